The van der Waals surface area contributed by atoms with Gasteiger partial charge in [0.2, 0.25) is 0 Å². The van der Waals surface area contributed by atoms with E-state index in [1.54, 1.807) is 23.5 Å². The number of hydrogen-bond acceptors (Lipinski definition) is 4. The van der Waals surface area contributed by atoms with Gasteiger partial charge in [0, 0.05) is 4.88 Å². The summed E-state index contributed by atoms with van der Waals surface area (Å²) >= 11 is 1.62. The molecule has 1 heterocycles. The number of ether oxygens (including phenoxy) is 1. The average molecular weight is 249 g/mol. The molecule has 4 heteroatoms. The molecule has 0 aliphatic heterocycles. The monoisotopic (exact) mass is 249 g/mol. The first kappa shape index (κ1) is 12.0. The molecular weight excluding hydrogens is 234 g/mol. The van der Waals surface area contributed by atoms with Crippen LogP contribution in [0, 0.1) is 0 Å². The largest absolute Gasteiger partial charge is 0.504 e. The molecule has 0 unspecified atom stereocenters. The molecule has 17 heavy (non-hydrogen) atoms. The summed E-state index contributed by atoms with van der Waals surface area (Å²) in [5.74, 6) is 0.631. The molecule has 1 aromatic carbocycles. The third kappa shape index (κ3) is 2.60. The Labute approximate surface area is 104 Å². The van der Waals surface area contributed by atoms with Gasteiger partial charge in [-0.05, 0) is 36.1 Å². The van der Waals surface area contributed by atoms with E-state index in [0.29, 0.717) is 12.4 Å². The van der Waals surface area contributed by atoms with Crippen LogP contribution < -0.4 is 10.5 Å². The van der Waals surface area contributed by atoms with Gasteiger partial charge in [-0.2, -0.15) is 0 Å². The van der Waals surface area contributed by atoms with Crippen molar-refractivity contribution in [2.45, 2.75) is 13.0 Å². The lowest BCUT2D eigenvalue weighted by Gasteiger charge is -2.13. The molecule has 0 aliphatic carbocycles. The maximum absolute atomic E-state index is 9.62. The molecule has 0 saturated heterocycles. The first-order valence-corrected chi connectivity index (χ1v) is 6.35. The van der Waals surface area contributed by atoms with Crippen molar-refractivity contribution in [3.05, 3.63) is 46.2 Å². The van der Waals surface area contributed by atoms with Crippen molar-refractivity contribution < 1.29 is 9.84 Å². The molecular formula is C13H15NO2S. The number of phenols is 1. The van der Waals surface area contributed by atoms with Crippen LogP contribution in [0.5, 0.6) is 11.5 Å². The minimum atomic E-state index is -0.171. The van der Waals surface area contributed by atoms with Gasteiger partial charge < -0.3 is 15.6 Å². The predicted molar refractivity (Wildman–Crippen MR) is 69.6 cm³/mol. The number of phenolic OH excluding ortho intramolecular Hbond substituents is 1. The van der Waals surface area contributed by atoms with Crippen molar-refractivity contribution >= 4 is 11.3 Å². The Morgan fingerprint density at radius 3 is 2.88 bits per heavy atom. The average Bonchev–Trinajstić information content (AvgIpc) is 2.85. The van der Waals surface area contributed by atoms with E-state index in [4.69, 9.17) is 10.5 Å². The standard InChI is InChI=1S/C13H15NO2S/c1-2-16-11-8-9(5-6-10(11)15)13(14)12-4-3-7-17-12/h3-8,13,15H,2,14H2,1H3/t13-/m0/s1. The van der Waals surface area contributed by atoms with Crippen LogP contribution in [-0.2, 0) is 0 Å². The third-order valence-electron chi connectivity index (χ3n) is 2.49. The molecule has 0 radical (unpaired) electrons. The molecule has 90 valence electrons. The zero-order chi connectivity index (χ0) is 12.3. The molecule has 2 aromatic rings. The highest BCUT2D eigenvalue weighted by atomic mass is 32.1. The van der Waals surface area contributed by atoms with E-state index >= 15 is 0 Å². The smallest absolute Gasteiger partial charge is 0.161 e. The first-order chi connectivity index (χ1) is 8.22. The van der Waals surface area contributed by atoms with Crippen LogP contribution in [0.1, 0.15) is 23.4 Å². The van der Waals surface area contributed by atoms with Crippen molar-refractivity contribution in [2.75, 3.05) is 6.61 Å². The van der Waals surface area contributed by atoms with Gasteiger partial charge in [-0.3, -0.25) is 0 Å². The van der Waals surface area contributed by atoms with Gasteiger partial charge in [-0.1, -0.05) is 12.1 Å². The fourth-order valence-electron chi connectivity index (χ4n) is 1.63. The van der Waals surface area contributed by atoms with Gasteiger partial charge in [0.1, 0.15) is 0 Å². The van der Waals surface area contributed by atoms with Crippen molar-refractivity contribution in [3.8, 4) is 11.5 Å². The van der Waals surface area contributed by atoms with Crippen LogP contribution in [0.2, 0.25) is 0 Å². The van der Waals surface area contributed by atoms with Crippen molar-refractivity contribution in [2.24, 2.45) is 5.73 Å². The number of nitrogens with two attached hydrogens (primary N) is 1. The molecule has 0 fully saturated rings. The number of aromatic hydroxyl groups is 1. The Kier molecular flexibility index (Phi) is 3.66. The number of hydrogen-bond donors (Lipinski definition) is 2. The highest BCUT2D eigenvalue weighted by Crippen LogP contribution is 2.31. The van der Waals surface area contributed by atoms with Crippen LogP contribution in [0.25, 0.3) is 0 Å². The Balaban J connectivity index is 2.30. The van der Waals surface area contributed by atoms with Gasteiger partial charge in [0.25, 0.3) is 0 Å². The highest BCUT2D eigenvalue weighted by Gasteiger charge is 2.12. The fraction of sp³-hybridized carbons (Fsp3) is 0.231. The van der Waals surface area contributed by atoms with Gasteiger partial charge in [-0.25, -0.2) is 0 Å². The lowest BCUT2D eigenvalue weighted by Crippen LogP contribution is -2.10. The van der Waals surface area contributed by atoms with E-state index in [1.807, 2.05) is 30.5 Å². The second kappa shape index (κ2) is 5.21. The molecule has 3 N–H and O–H groups in total. The molecule has 2 rings (SSSR count). The summed E-state index contributed by atoms with van der Waals surface area (Å²) < 4.78 is 5.34. The summed E-state index contributed by atoms with van der Waals surface area (Å²) in [6, 6.07) is 9.04. The second-order valence-electron chi connectivity index (χ2n) is 3.65. The van der Waals surface area contributed by atoms with Crippen LogP contribution in [0.15, 0.2) is 35.7 Å². The summed E-state index contributed by atoms with van der Waals surface area (Å²) in [6.45, 7) is 2.40. The Hall–Kier alpha value is -1.52. The van der Waals surface area contributed by atoms with Crippen LogP contribution >= 0.6 is 11.3 Å². The molecule has 0 aliphatic rings. The first-order valence-electron chi connectivity index (χ1n) is 5.47. The minimum absolute atomic E-state index is 0.147. The van der Waals surface area contributed by atoms with Gasteiger partial charge in [0.15, 0.2) is 11.5 Å². The molecule has 0 bridgehead atoms. The summed E-state index contributed by atoms with van der Waals surface area (Å²) in [5.41, 5.74) is 7.09. The molecule has 0 spiro atoms. The maximum atomic E-state index is 9.62. The van der Waals surface area contributed by atoms with Gasteiger partial charge in [-0.15, -0.1) is 11.3 Å². The predicted octanol–water partition coefficient (Wildman–Crippen LogP) is 2.90. The lowest BCUT2D eigenvalue weighted by atomic mass is 10.1. The SMILES string of the molecule is CCOc1cc([C@H](N)c2cccs2)ccc1O. The number of benzene rings is 1. The summed E-state index contributed by atoms with van der Waals surface area (Å²) in [7, 11) is 0. The molecule has 3 nitrogen and oxygen atoms in total. The van der Waals surface area contributed by atoms with Crippen molar-refractivity contribution in [1.82, 2.24) is 0 Å². The van der Waals surface area contributed by atoms with Crippen LogP contribution in [-0.4, -0.2) is 11.7 Å². The summed E-state index contributed by atoms with van der Waals surface area (Å²) in [6.07, 6.45) is 0. The summed E-state index contributed by atoms with van der Waals surface area (Å²) in [5, 5.41) is 11.6. The fourth-order valence-corrected chi connectivity index (χ4v) is 2.38. The Morgan fingerprint density at radius 1 is 1.41 bits per heavy atom. The van der Waals surface area contributed by atoms with E-state index in [2.05, 4.69) is 0 Å². The van der Waals surface area contributed by atoms with Crippen LogP contribution in [0.4, 0.5) is 0 Å². The van der Waals surface area contributed by atoms with Gasteiger partial charge in [0.05, 0.1) is 12.6 Å². The Morgan fingerprint density at radius 2 is 2.24 bits per heavy atom. The van der Waals surface area contributed by atoms with E-state index in [1.165, 1.54) is 0 Å². The Bertz CT molecular complexity index is 482. The lowest BCUT2D eigenvalue weighted by molar-refractivity contribution is 0.317. The second-order valence-corrected chi connectivity index (χ2v) is 4.63. The van der Waals surface area contributed by atoms with Gasteiger partial charge >= 0.3 is 0 Å². The minimum Gasteiger partial charge on any atom is -0.504 e. The zero-order valence-corrected chi connectivity index (χ0v) is 10.4. The quantitative estimate of drug-likeness (QED) is 0.876. The molecule has 0 saturated carbocycles. The molecule has 1 aromatic heterocycles. The summed E-state index contributed by atoms with van der Waals surface area (Å²) in [4.78, 5) is 1.10. The molecule has 1 atom stereocenters. The van der Waals surface area contributed by atoms with Crippen molar-refractivity contribution in [1.29, 1.82) is 0 Å². The van der Waals surface area contributed by atoms with Crippen LogP contribution in [0.3, 0.4) is 0 Å². The van der Waals surface area contributed by atoms with E-state index in [0.717, 1.165) is 10.4 Å². The molecule has 0 amide bonds. The zero-order valence-electron chi connectivity index (χ0n) is 9.59. The number of thiophene rings is 1. The highest BCUT2D eigenvalue weighted by molar-refractivity contribution is 7.10. The third-order valence-corrected chi connectivity index (χ3v) is 3.45. The van der Waals surface area contributed by atoms with E-state index in [-0.39, 0.29) is 11.8 Å². The van der Waals surface area contributed by atoms with E-state index < -0.39 is 0 Å². The van der Waals surface area contributed by atoms with E-state index in [9.17, 15) is 5.11 Å². The maximum Gasteiger partial charge on any atom is 0.161 e. The van der Waals surface area contributed by atoms with Crippen molar-refractivity contribution in [3.63, 3.8) is 0 Å². The number of rotatable bonds is 4. The topological polar surface area (TPSA) is 55.5 Å². The normalized spacial score (nSPS) is 12.4.